The standard InChI is InChI=1S/C7H9BrOS/c1-3-5-4-6(8)7(9-2)10-5/h4H,3H2,1-2H3. The van der Waals surface area contributed by atoms with Gasteiger partial charge < -0.3 is 4.74 Å². The number of thiophene rings is 1. The van der Waals surface area contributed by atoms with Crippen molar-refractivity contribution >= 4 is 27.3 Å². The fourth-order valence-electron chi connectivity index (χ4n) is 0.711. The minimum Gasteiger partial charge on any atom is -0.486 e. The molecule has 10 heavy (non-hydrogen) atoms. The summed E-state index contributed by atoms with van der Waals surface area (Å²) >= 11 is 5.09. The third-order valence-electron chi connectivity index (χ3n) is 1.24. The van der Waals surface area contributed by atoms with Crippen molar-refractivity contribution in [1.82, 2.24) is 0 Å². The van der Waals surface area contributed by atoms with Crippen LogP contribution in [-0.4, -0.2) is 7.11 Å². The minimum atomic E-state index is 0.969. The number of halogens is 1. The van der Waals surface area contributed by atoms with Crippen LogP contribution < -0.4 is 4.74 Å². The van der Waals surface area contributed by atoms with Gasteiger partial charge in [-0.1, -0.05) is 6.92 Å². The molecule has 0 bridgehead atoms. The van der Waals surface area contributed by atoms with Crippen molar-refractivity contribution in [2.45, 2.75) is 13.3 Å². The van der Waals surface area contributed by atoms with E-state index in [0.717, 1.165) is 16.0 Å². The summed E-state index contributed by atoms with van der Waals surface area (Å²) in [5.74, 6) is 0. The molecule has 0 aliphatic heterocycles. The molecule has 0 aliphatic rings. The average Bonchev–Trinajstić information content (AvgIpc) is 2.30. The van der Waals surface area contributed by atoms with Crippen molar-refractivity contribution in [2.75, 3.05) is 7.11 Å². The molecule has 1 aromatic rings. The maximum absolute atomic E-state index is 5.10. The zero-order valence-electron chi connectivity index (χ0n) is 5.98. The Hall–Kier alpha value is -0.0200. The number of hydrogen-bond acceptors (Lipinski definition) is 2. The molecule has 0 saturated heterocycles. The summed E-state index contributed by atoms with van der Waals surface area (Å²) in [6.07, 6.45) is 1.08. The third kappa shape index (κ3) is 1.52. The van der Waals surface area contributed by atoms with E-state index in [4.69, 9.17) is 4.74 Å². The first kappa shape index (κ1) is 8.08. The SMILES string of the molecule is CCc1cc(Br)c(OC)s1. The van der Waals surface area contributed by atoms with Gasteiger partial charge in [-0.15, -0.1) is 11.3 Å². The summed E-state index contributed by atoms with van der Waals surface area (Å²) in [4.78, 5) is 1.35. The van der Waals surface area contributed by atoms with E-state index in [0.29, 0.717) is 0 Å². The Labute approximate surface area is 73.1 Å². The third-order valence-corrected chi connectivity index (χ3v) is 3.33. The fourth-order valence-corrected chi connectivity index (χ4v) is 2.34. The lowest BCUT2D eigenvalue weighted by Gasteiger charge is -1.91. The van der Waals surface area contributed by atoms with Crippen LogP contribution in [0, 0.1) is 0 Å². The Morgan fingerprint density at radius 2 is 2.40 bits per heavy atom. The highest BCUT2D eigenvalue weighted by Crippen LogP contribution is 2.34. The molecular weight excluding hydrogens is 212 g/mol. The van der Waals surface area contributed by atoms with E-state index < -0.39 is 0 Å². The van der Waals surface area contributed by atoms with Gasteiger partial charge in [-0.2, -0.15) is 0 Å². The largest absolute Gasteiger partial charge is 0.486 e. The molecule has 0 unspecified atom stereocenters. The molecule has 0 radical (unpaired) electrons. The maximum atomic E-state index is 5.10. The van der Waals surface area contributed by atoms with E-state index in [-0.39, 0.29) is 0 Å². The van der Waals surface area contributed by atoms with Crippen molar-refractivity contribution in [2.24, 2.45) is 0 Å². The van der Waals surface area contributed by atoms with Gasteiger partial charge in [-0.05, 0) is 28.4 Å². The molecule has 0 amide bonds. The second kappa shape index (κ2) is 3.39. The summed E-state index contributed by atoms with van der Waals surface area (Å²) in [6, 6.07) is 2.10. The Kier molecular flexibility index (Phi) is 2.74. The highest BCUT2D eigenvalue weighted by molar-refractivity contribution is 9.10. The van der Waals surface area contributed by atoms with Crippen LogP contribution in [0.25, 0.3) is 0 Å². The quantitative estimate of drug-likeness (QED) is 0.745. The van der Waals surface area contributed by atoms with E-state index in [1.807, 2.05) is 0 Å². The lowest BCUT2D eigenvalue weighted by molar-refractivity contribution is 0.425. The van der Waals surface area contributed by atoms with Crippen LogP contribution in [0.3, 0.4) is 0 Å². The molecule has 0 fully saturated rings. The first-order valence-electron chi connectivity index (χ1n) is 3.10. The molecule has 0 saturated carbocycles. The maximum Gasteiger partial charge on any atom is 0.188 e. The van der Waals surface area contributed by atoms with Gasteiger partial charge in [0, 0.05) is 4.88 Å². The van der Waals surface area contributed by atoms with Gasteiger partial charge in [0.2, 0.25) is 0 Å². The first-order valence-corrected chi connectivity index (χ1v) is 4.71. The van der Waals surface area contributed by atoms with Crippen molar-refractivity contribution in [3.63, 3.8) is 0 Å². The van der Waals surface area contributed by atoms with Gasteiger partial charge in [0.25, 0.3) is 0 Å². The molecule has 1 nitrogen and oxygen atoms in total. The molecule has 0 spiro atoms. The zero-order chi connectivity index (χ0) is 7.56. The first-order chi connectivity index (χ1) is 4.77. The Balaban J connectivity index is 2.92. The van der Waals surface area contributed by atoms with Crippen molar-refractivity contribution in [3.8, 4) is 5.06 Å². The molecule has 0 aliphatic carbocycles. The second-order valence-electron chi connectivity index (χ2n) is 1.91. The molecule has 1 heterocycles. The van der Waals surface area contributed by atoms with Crippen LogP contribution in [-0.2, 0) is 6.42 Å². The minimum absolute atomic E-state index is 0.969. The van der Waals surface area contributed by atoms with Gasteiger partial charge in [-0.25, -0.2) is 0 Å². The van der Waals surface area contributed by atoms with Gasteiger partial charge in [0.15, 0.2) is 5.06 Å². The summed E-state index contributed by atoms with van der Waals surface area (Å²) in [7, 11) is 1.69. The van der Waals surface area contributed by atoms with Crippen LogP contribution >= 0.6 is 27.3 Å². The Bertz CT molecular complexity index is 219. The number of aryl methyl sites for hydroxylation is 1. The molecule has 56 valence electrons. The Morgan fingerprint density at radius 1 is 1.70 bits per heavy atom. The van der Waals surface area contributed by atoms with Crippen LogP contribution in [0.2, 0.25) is 0 Å². The van der Waals surface area contributed by atoms with Crippen LogP contribution in [0.4, 0.5) is 0 Å². The van der Waals surface area contributed by atoms with Gasteiger partial charge in [-0.3, -0.25) is 0 Å². The van der Waals surface area contributed by atoms with Crippen molar-refractivity contribution in [3.05, 3.63) is 15.4 Å². The number of hydrogen-bond donors (Lipinski definition) is 0. The predicted molar refractivity (Wildman–Crippen MR) is 47.9 cm³/mol. The van der Waals surface area contributed by atoms with Crippen LogP contribution in [0.1, 0.15) is 11.8 Å². The molecular formula is C7H9BrOS. The average molecular weight is 221 g/mol. The summed E-state index contributed by atoms with van der Waals surface area (Å²) < 4.78 is 6.17. The predicted octanol–water partition coefficient (Wildman–Crippen LogP) is 3.08. The summed E-state index contributed by atoms with van der Waals surface area (Å²) in [5.41, 5.74) is 0. The molecule has 1 rings (SSSR count). The van der Waals surface area contributed by atoms with E-state index in [1.165, 1.54) is 4.88 Å². The van der Waals surface area contributed by atoms with E-state index in [1.54, 1.807) is 18.4 Å². The van der Waals surface area contributed by atoms with Crippen molar-refractivity contribution < 1.29 is 4.74 Å². The number of ether oxygens (including phenoxy) is 1. The van der Waals surface area contributed by atoms with Gasteiger partial charge in [0.1, 0.15) is 0 Å². The van der Waals surface area contributed by atoms with Crippen LogP contribution in [0.15, 0.2) is 10.5 Å². The molecule has 0 N–H and O–H groups in total. The monoisotopic (exact) mass is 220 g/mol. The lowest BCUT2D eigenvalue weighted by Crippen LogP contribution is -1.75. The number of rotatable bonds is 2. The van der Waals surface area contributed by atoms with E-state index in [2.05, 4.69) is 28.9 Å². The second-order valence-corrected chi connectivity index (χ2v) is 3.86. The fraction of sp³-hybridized carbons (Fsp3) is 0.429. The van der Waals surface area contributed by atoms with Crippen LogP contribution in [0.5, 0.6) is 5.06 Å². The lowest BCUT2D eigenvalue weighted by atomic mass is 10.4. The smallest absolute Gasteiger partial charge is 0.188 e. The molecule has 0 atom stereocenters. The topological polar surface area (TPSA) is 9.23 Å². The Morgan fingerprint density at radius 3 is 2.70 bits per heavy atom. The van der Waals surface area contributed by atoms with Gasteiger partial charge >= 0.3 is 0 Å². The summed E-state index contributed by atoms with van der Waals surface area (Å²) in [6.45, 7) is 2.14. The molecule has 1 aromatic heterocycles. The molecule has 3 heteroatoms. The highest BCUT2D eigenvalue weighted by Gasteiger charge is 2.03. The number of methoxy groups -OCH3 is 1. The van der Waals surface area contributed by atoms with Gasteiger partial charge in [0.05, 0.1) is 11.6 Å². The van der Waals surface area contributed by atoms with E-state index in [9.17, 15) is 0 Å². The normalized spacial score (nSPS) is 9.90. The van der Waals surface area contributed by atoms with Crippen molar-refractivity contribution in [1.29, 1.82) is 0 Å². The van der Waals surface area contributed by atoms with E-state index >= 15 is 0 Å². The summed E-state index contributed by atoms with van der Waals surface area (Å²) in [5, 5.41) is 0.969. The highest BCUT2D eigenvalue weighted by atomic mass is 79.9. The zero-order valence-corrected chi connectivity index (χ0v) is 8.38. The molecule has 0 aromatic carbocycles.